The predicted octanol–water partition coefficient (Wildman–Crippen LogP) is -1.07. The summed E-state index contributed by atoms with van der Waals surface area (Å²) in [5.74, 6) is -9.29. The largest absolute Gasteiger partial charge is 0.479 e. The van der Waals surface area contributed by atoms with Crippen molar-refractivity contribution in [2.45, 2.75) is 108 Å². The maximum Gasteiger partial charge on any atom is 0.344 e. The van der Waals surface area contributed by atoms with Crippen molar-refractivity contribution in [2.24, 2.45) is 5.92 Å². The van der Waals surface area contributed by atoms with Crippen molar-refractivity contribution in [3.8, 4) is 0 Å². The number of nitrogens with one attached hydrogen (secondary N) is 3. The van der Waals surface area contributed by atoms with E-state index >= 15 is 0 Å². The van der Waals surface area contributed by atoms with E-state index < -0.39 is 82.7 Å². The van der Waals surface area contributed by atoms with Gasteiger partial charge >= 0.3 is 5.97 Å². The summed E-state index contributed by atoms with van der Waals surface area (Å²) in [7, 11) is 4.16. The molecule has 0 aliphatic rings. The van der Waals surface area contributed by atoms with Gasteiger partial charge in [0.15, 0.2) is 34.3 Å². The molecule has 0 saturated carbocycles. The molecule has 0 heterocycles. The topological polar surface area (TPSA) is 219 Å². The van der Waals surface area contributed by atoms with Crippen LogP contribution in [0.3, 0.4) is 0 Å². The summed E-state index contributed by atoms with van der Waals surface area (Å²) in [6.07, 6.45) is -0.802. The zero-order valence-electron chi connectivity index (χ0n) is 24.8. The molecule has 0 amide bonds. The Labute approximate surface area is 235 Å². The molecule has 13 heteroatoms. The van der Waals surface area contributed by atoms with Gasteiger partial charge in [0.25, 0.3) is 0 Å². The molecule has 4 unspecified atom stereocenters. The first-order valence-electron chi connectivity index (χ1n) is 13.5. The Bertz CT molecular complexity index is 953. The van der Waals surface area contributed by atoms with Gasteiger partial charge in [-0.15, -0.1) is 0 Å². The van der Waals surface area contributed by atoms with Gasteiger partial charge in [-0.2, -0.15) is 0 Å². The second-order valence-corrected chi connectivity index (χ2v) is 10.5. The van der Waals surface area contributed by atoms with Crippen LogP contribution in [0, 0.1) is 5.92 Å². The number of aliphatic hydroxyl groups is 3. The lowest BCUT2D eigenvalue weighted by Gasteiger charge is -2.35. The fraction of sp³-hybridized carbons (Fsp3) is 0.778. The Morgan fingerprint density at radius 2 is 1.35 bits per heavy atom. The molecule has 0 aliphatic heterocycles. The standard InChI is InChI=1S/C27H47N3O10/c1-9-11-12-17(29-7)22(34)25(5,38)19(32)14-26(39,21(33)16(4)28-6)23(35)27(40,24(36)37)13-18(31)20(30-8)15(3)10-2/h15-17,20,28-30,38-40H,9-14H2,1-8H3,(H,36,37)/t15?,16-,17+,20+,25?,26?,27?/m1/s1. The number of ketones is 5. The Balaban J connectivity index is 6.71. The molecule has 0 saturated heterocycles. The molecular formula is C27H47N3O10. The monoisotopic (exact) mass is 573 g/mol. The lowest BCUT2D eigenvalue weighted by atomic mass is 9.72. The molecule has 0 rings (SSSR count). The molecule has 0 radical (unpaired) electrons. The highest BCUT2D eigenvalue weighted by Crippen LogP contribution is 2.30. The van der Waals surface area contributed by atoms with Crippen LogP contribution in [0.4, 0.5) is 0 Å². The van der Waals surface area contributed by atoms with E-state index in [1.165, 1.54) is 28.1 Å². The van der Waals surface area contributed by atoms with E-state index in [-0.39, 0.29) is 12.3 Å². The zero-order valence-corrected chi connectivity index (χ0v) is 24.8. The number of hydrogen-bond donors (Lipinski definition) is 7. The Hall–Kier alpha value is -2.42. The van der Waals surface area contributed by atoms with E-state index in [4.69, 9.17) is 0 Å². The fourth-order valence-corrected chi connectivity index (χ4v) is 4.42. The Morgan fingerprint density at radius 1 is 0.800 bits per heavy atom. The van der Waals surface area contributed by atoms with E-state index in [2.05, 4.69) is 16.0 Å². The van der Waals surface area contributed by atoms with Crippen molar-refractivity contribution in [1.82, 2.24) is 16.0 Å². The number of carboxylic acids is 1. The lowest BCUT2D eigenvalue weighted by Crippen LogP contribution is -2.66. The highest BCUT2D eigenvalue weighted by Gasteiger charge is 2.61. The average Bonchev–Trinajstić information content (AvgIpc) is 2.91. The van der Waals surface area contributed by atoms with Crippen molar-refractivity contribution < 1.29 is 49.2 Å². The highest BCUT2D eigenvalue weighted by molar-refractivity contribution is 6.25. The third-order valence-electron chi connectivity index (χ3n) is 7.59. The molecule has 0 aromatic heterocycles. The van der Waals surface area contributed by atoms with Crippen LogP contribution in [-0.2, 0) is 28.8 Å². The van der Waals surface area contributed by atoms with Crippen LogP contribution in [0.25, 0.3) is 0 Å². The second-order valence-electron chi connectivity index (χ2n) is 10.5. The maximum absolute atomic E-state index is 13.6. The van der Waals surface area contributed by atoms with Crippen LogP contribution in [0.5, 0.6) is 0 Å². The molecule has 0 spiro atoms. The van der Waals surface area contributed by atoms with Crippen molar-refractivity contribution in [1.29, 1.82) is 0 Å². The van der Waals surface area contributed by atoms with E-state index in [1.54, 1.807) is 13.8 Å². The average molecular weight is 574 g/mol. The Morgan fingerprint density at radius 3 is 1.75 bits per heavy atom. The first-order valence-corrected chi connectivity index (χ1v) is 13.5. The predicted molar refractivity (Wildman–Crippen MR) is 146 cm³/mol. The van der Waals surface area contributed by atoms with Gasteiger partial charge in [-0.25, -0.2) is 4.79 Å². The normalized spacial score (nSPS) is 19.2. The molecular weight excluding hydrogens is 526 g/mol. The number of carbonyl (C=O) groups excluding carboxylic acids is 5. The van der Waals surface area contributed by atoms with E-state index in [0.29, 0.717) is 19.3 Å². The van der Waals surface area contributed by atoms with Gasteiger partial charge in [-0.3, -0.25) is 24.0 Å². The third-order valence-corrected chi connectivity index (χ3v) is 7.59. The molecule has 0 bridgehead atoms. The van der Waals surface area contributed by atoms with Gasteiger partial charge in [0, 0.05) is 0 Å². The van der Waals surface area contributed by atoms with Crippen LogP contribution < -0.4 is 16.0 Å². The van der Waals surface area contributed by atoms with E-state index in [0.717, 1.165) is 6.92 Å². The second kappa shape index (κ2) is 15.5. The molecule has 7 N–H and O–H groups in total. The summed E-state index contributed by atoms with van der Waals surface area (Å²) < 4.78 is 0. The Kier molecular flexibility index (Phi) is 14.6. The number of aliphatic carboxylic acids is 1. The molecule has 0 aromatic rings. The molecule has 0 fully saturated rings. The number of Topliss-reactive ketones (excluding diaryl/α,β-unsaturated/α-hetero) is 5. The minimum absolute atomic E-state index is 0.262. The van der Waals surface area contributed by atoms with Crippen LogP contribution in [0.15, 0.2) is 0 Å². The summed E-state index contributed by atoms with van der Waals surface area (Å²) in [6.45, 7) is 7.39. The number of carboxylic acid groups (broad SMARTS) is 1. The smallest absolute Gasteiger partial charge is 0.344 e. The molecule has 7 atom stereocenters. The molecule has 40 heavy (non-hydrogen) atoms. The zero-order chi connectivity index (χ0) is 31.6. The van der Waals surface area contributed by atoms with E-state index in [1.807, 2.05) is 6.92 Å². The molecule has 0 aromatic carbocycles. The summed E-state index contributed by atoms with van der Waals surface area (Å²) >= 11 is 0. The molecule has 0 aliphatic carbocycles. The first kappa shape index (κ1) is 37.6. The van der Waals surface area contributed by atoms with Crippen molar-refractivity contribution in [3.63, 3.8) is 0 Å². The van der Waals surface area contributed by atoms with Gasteiger partial charge in [0.2, 0.25) is 11.4 Å². The summed E-state index contributed by atoms with van der Waals surface area (Å²) in [5, 5.41) is 51.0. The van der Waals surface area contributed by atoms with Crippen LogP contribution >= 0.6 is 0 Å². The molecule has 13 nitrogen and oxygen atoms in total. The van der Waals surface area contributed by atoms with Crippen molar-refractivity contribution in [2.75, 3.05) is 21.1 Å². The number of carbonyl (C=O) groups is 6. The number of unbranched alkanes of at least 4 members (excludes halogenated alkanes) is 1. The van der Waals surface area contributed by atoms with Crippen LogP contribution in [0.2, 0.25) is 0 Å². The van der Waals surface area contributed by atoms with Gasteiger partial charge in [-0.1, -0.05) is 40.0 Å². The van der Waals surface area contributed by atoms with E-state index in [9.17, 15) is 49.2 Å². The number of likely N-dealkylation sites (N-methyl/N-ethyl adjacent to an activating group) is 3. The van der Waals surface area contributed by atoms with Gasteiger partial charge in [-0.05, 0) is 47.3 Å². The highest BCUT2D eigenvalue weighted by atomic mass is 16.4. The van der Waals surface area contributed by atoms with Crippen molar-refractivity contribution >= 4 is 34.9 Å². The summed E-state index contributed by atoms with van der Waals surface area (Å²) in [4.78, 5) is 78.3. The quantitative estimate of drug-likeness (QED) is 0.0814. The van der Waals surface area contributed by atoms with Gasteiger partial charge < -0.3 is 36.4 Å². The molecule has 230 valence electrons. The maximum atomic E-state index is 13.6. The van der Waals surface area contributed by atoms with Crippen molar-refractivity contribution in [3.05, 3.63) is 0 Å². The summed E-state index contributed by atoms with van der Waals surface area (Å²) in [5.41, 5.74) is -9.91. The minimum Gasteiger partial charge on any atom is -0.479 e. The number of rotatable bonds is 21. The lowest BCUT2D eigenvalue weighted by molar-refractivity contribution is -0.181. The van der Waals surface area contributed by atoms with Crippen LogP contribution in [-0.4, -0.2) is 111 Å². The van der Waals surface area contributed by atoms with Gasteiger partial charge in [0.05, 0.1) is 31.0 Å². The van der Waals surface area contributed by atoms with Crippen LogP contribution in [0.1, 0.15) is 73.1 Å². The first-order chi connectivity index (χ1) is 18.4. The number of hydrogen-bond acceptors (Lipinski definition) is 12. The third kappa shape index (κ3) is 8.30. The SMILES string of the molecule is CCCC[C@H](NC)C(=O)C(C)(O)C(=O)CC(O)(C(=O)[C@@H](C)NC)C(=O)C(O)(CC(=O)[C@@H](NC)C(C)CC)C(=O)O. The summed E-state index contributed by atoms with van der Waals surface area (Å²) in [6, 6.07) is -3.27. The van der Waals surface area contributed by atoms with Gasteiger partial charge in [0.1, 0.15) is 0 Å². The fourth-order valence-electron chi connectivity index (χ4n) is 4.42. The minimum atomic E-state index is -3.61.